The number of allylic oxidation sites excluding steroid dienone is 2. The van der Waals surface area contributed by atoms with Crippen LogP contribution in [0.2, 0.25) is 0 Å². The second-order valence-corrected chi connectivity index (χ2v) is 4.23. The zero-order valence-corrected chi connectivity index (χ0v) is 10.7. The quantitative estimate of drug-likeness (QED) is 0.636. The molecule has 0 radical (unpaired) electrons. The van der Waals surface area contributed by atoms with Gasteiger partial charge in [0, 0.05) is 5.56 Å². The number of hydrogen-bond donors (Lipinski definition) is 0. The maximum Gasteiger partial charge on any atom is 0.0248 e. The molecule has 0 spiro atoms. The number of benzene rings is 1. The topological polar surface area (TPSA) is 0 Å². The fraction of sp³-hybridized carbons (Fsp3) is 0.375. The number of hydrogen-bond acceptors (Lipinski definition) is 0. The highest BCUT2D eigenvalue weighted by Gasteiger charge is 2.02. The van der Waals surface area contributed by atoms with E-state index in [1.54, 1.807) is 0 Å². The first kappa shape index (κ1) is 12.6. The minimum atomic E-state index is 0.630. The normalized spacial score (nSPS) is 13.5. The molecule has 0 heteroatoms. The Morgan fingerprint density at radius 1 is 1.19 bits per heavy atom. The fourth-order valence-electron chi connectivity index (χ4n) is 1.46. The molecular weight excluding hydrogens is 192 g/mol. The third-order valence-electron chi connectivity index (χ3n) is 3.11. The van der Waals surface area contributed by atoms with E-state index in [1.165, 1.54) is 17.6 Å². The van der Waals surface area contributed by atoms with Crippen molar-refractivity contribution in [1.82, 2.24) is 0 Å². The van der Waals surface area contributed by atoms with Crippen LogP contribution in [0.4, 0.5) is 0 Å². The highest BCUT2D eigenvalue weighted by molar-refractivity contribution is 5.41. The molecule has 0 saturated heterocycles. The van der Waals surface area contributed by atoms with Gasteiger partial charge < -0.3 is 0 Å². The van der Waals surface area contributed by atoms with Crippen molar-refractivity contribution in [3.63, 3.8) is 0 Å². The average molecular weight is 212 g/mol. The molecule has 1 atom stereocenters. The molecule has 0 aliphatic rings. The van der Waals surface area contributed by atoms with Crippen LogP contribution in [0, 0.1) is 17.8 Å². The van der Waals surface area contributed by atoms with E-state index in [0.717, 1.165) is 5.56 Å². The van der Waals surface area contributed by atoms with Crippen molar-refractivity contribution in [2.45, 2.75) is 34.1 Å². The van der Waals surface area contributed by atoms with Crippen LogP contribution in [-0.4, -0.2) is 0 Å². The van der Waals surface area contributed by atoms with Gasteiger partial charge in [-0.2, -0.15) is 0 Å². The first-order chi connectivity index (χ1) is 7.65. The van der Waals surface area contributed by atoms with Crippen LogP contribution in [0.5, 0.6) is 0 Å². The van der Waals surface area contributed by atoms with E-state index >= 15 is 0 Å². The molecule has 0 fully saturated rings. The fourth-order valence-corrected chi connectivity index (χ4v) is 1.46. The van der Waals surface area contributed by atoms with Gasteiger partial charge in [-0.1, -0.05) is 49.5 Å². The molecule has 1 aromatic carbocycles. The van der Waals surface area contributed by atoms with Crippen molar-refractivity contribution in [3.05, 3.63) is 47.0 Å². The lowest BCUT2D eigenvalue weighted by atomic mass is 9.96. The predicted octanol–water partition coefficient (Wildman–Crippen LogP) is 4.42. The van der Waals surface area contributed by atoms with Crippen LogP contribution in [0.25, 0.3) is 0 Å². The molecule has 0 N–H and O–H groups in total. The monoisotopic (exact) mass is 212 g/mol. The van der Waals surface area contributed by atoms with Gasteiger partial charge in [-0.3, -0.25) is 0 Å². The van der Waals surface area contributed by atoms with Gasteiger partial charge >= 0.3 is 0 Å². The molecule has 0 saturated carbocycles. The van der Waals surface area contributed by atoms with Gasteiger partial charge in [-0.25, -0.2) is 0 Å². The van der Waals surface area contributed by atoms with Crippen molar-refractivity contribution in [2.24, 2.45) is 5.92 Å². The smallest absolute Gasteiger partial charge is 0.0248 e. The Morgan fingerprint density at radius 3 is 2.38 bits per heavy atom. The Kier molecular flexibility index (Phi) is 4.86. The van der Waals surface area contributed by atoms with Gasteiger partial charge in [-0.15, -0.1) is 0 Å². The second kappa shape index (κ2) is 6.18. The average Bonchev–Trinajstić information content (AvgIpc) is 2.35. The lowest BCUT2D eigenvalue weighted by molar-refractivity contribution is 0.651. The van der Waals surface area contributed by atoms with E-state index in [0.29, 0.717) is 5.92 Å². The van der Waals surface area contributed by atoms with Gasteiger partial charge in [0.25, 0.3) is 0 Å². The molecule has 0 aromatic heterocycles. The van der Waals surface area contributed by atoms with E-state index in [1.807, 2.05) is 30.3 Å². The molecule has 0 bridgehead atoms. The van der Waals surface area contributed by atoms with Gasteiger partial charge in [0.2, 0.25) is 0 Å². The van der Waals surface area contributed by atoms with E-state index in [2.05, 4.69) is 39.5 Å². The molecule has 1 unspecified atom stereocenters. The summed E-state index contributed by atoms with van der Waals surface area (Å²) in [5.41, 5.74) is 3.70. The molecule has 84 valence electrons. The highest BCUT2D eigenvalue weighted by atomic mass is 14.1. The van der Waals surface area contributed by atoms with Gasteiger partial charge in [0.1, 0.15) is 0 Å². The Bertz CT molecular complexity index is 412. The molecule has 0 nitrogen and oxygen atoms in total. The summed E-state index contributed by atoms with van der Waals surface area (Å²) in [5.74, 6) is 7.07. The summed E-state index contributed by atoms with van der Waals surface area (Å²) in [6.45, 7) is 8.76. The molecule has 16 heavy (non-hydrogen) atoms. The SMILES string of the molecule is CCC(C)/C(C)=C(\C)C#Cc1ccccc1. The molecular formula is C16H20. The second-order valence-electron chi connectivity index (χ2n) is 4.23. The third kappa shape index (κ3) is 3.59. The summed E-state index contributed by atoms with van der Waals surface area (Å²) in [6, 6.07) is 10.1. The molecule has 0 heterocycles. The summed E-state index contributed by atoms with van der Waals surface area (Å²) >= 11 is 0. The van der Waals surface area contributed by atoms with Crippen LogP contribution in [0.1, 0.15) is 39.7 Å². The summed E-state index contributed by atoms with van der Waals surface area (Å²) in [6.07, 6.45) is 1.18. The Balaban J connectivity index is 2.86. The first-order valence-electron chi connectivity index (χ1n) is 5.89. The van der Waals surface area contributed by atoms with E-state index in [4.69, 9.17) is 0 Å². The number of rotatable bonds is 2. The molecule has 0 aliphatic heterocycles. The van der Waals surface area contributed by atoms with Crippen molar-refractivity contribution < 1.29 is 0 Å². The summed E-state index contributed by atoms with van der Waals surface area (Å²) in [5, 5.41) is 0. The van der Waals surface area contributed by atoms with Gasteiger partial charge in [0.05, 0.1) is 0 Å². The Hall–Kier alpha value is -1.48. The lowest BCUT2D eigenvalue weighted by Gasteiger charge is -2.09. The molecule has 0 amide bonds. The summed E-state index contributed by atoms with van der Waals surface area (Å²) < 4.78 is 0. The maximum absolute atomic E-state index is 3.24. The Labute approximate surface area is 99.4 Å². The summed E-state index contributed by atoms with van der Waals surface area (Å²) in [7, 11) is 0. The molecule has 1 rings (SSSR count). The van der Waals surface area contributed by atoms with E-state index in [-0.39, 0.29) is 0 Å². The Morgan fingerprint density at radius 2 is 1.81 bits per heavy atom. The first-order valence-corrected chi connectivity index (χ1v) is 5.89. The molecule has 1 aromatic rings. The molecule has 0 aliphatic carbocycles. The van der Waals surface area contributed by atoms with Crippen molar-refractivity contribution in [2.75, 3.05) is 0 Å². The van der Waals surface area contributed by atoms with E-state index < -0.39 is 0 Å². The minimum Gasteiger partial charge on any atom is -0.0665 e. The van der Waals surface area contributed by atoms with Gasteiger partial charge in [-0.05, 0) is 43.9 Å². The highest BCUT2D eigenvalue weighted by Crippen LogP contribution is 2.17. The predicted molar refractivity (Wildman–Crippen MR) is 71.1 cm³/mol. The van der Waals surface area contributed by atoms with Crippen molar-refractivity contribution in [1.29, 1.82) is 0 Å². The van der Waals surface area contributed by atoms with Crippen molar-refractivity contribution >= 4 is 0 Å². The van der Waals surface area contributed by atoms with Crippen LogP contribution >= 0.6 is 0 Å². The lowest BCUT2D eigenvalue weighted by Crippen LogP contribution is -1.96. The van der Waals surface area contributed by atoms with Crippen LogP contribution in [0.15, 0.2) is 41.5 Å². The zero-order valence-electron chi connectivity index (χ0n) is 10.7. The van der Waals surface area contributed by atoms with Crippen LogP contribution in [0.3, 0.4) is 0 Å². The van der Waals surface area contributed by atoms with Gasteiger partial charge in [0.15, 0.2) is 0 Å². The van der Waals surface area contributed by atoms with E-state index in [9.17, 15) is 0 Å². The van der Waals surface area contributed by atoms with Crippen molar-refractivity contribution in [3.8, 4) is 11.8 Å². The standard InChI is InChI=1S/C16H20/c1-5-13(2)15(4)14(3)11-12-16-9-7-6-8-10-16/h6-10,13H,5H2,1-4H3/b15-14+. The minimum absolute atomic E-state index is 0.630. The summed E-state index contributed by atoms with van der Waals surface area (Å²) in [4.78, 5) is 0. The zero-order chi connectivity index (χ0) is 12.0. The van der Waals surface area contributed by atoms with Crippen LogP contribution < -0.4 is 0 Å². The maximum atomic E-state index is 3.24. The van der Waals surface area contributed by atoms with Crippen LogP contribution in [-0.2, 0) is 0 Å². The largest absolute Gasteiger partial charge is 0.0665 e. The third-order valence-corrected chi connectivity index (χ3v) is 3.11.